The normalized spacial score (nSPS) is 13.1. The molecule has 1 heterocycles. The van der Waals surface area contributed by atoms with E-state index in [0.29, 0.717) is 24.3 Å². The number of benzene rings is 2. The molecule has 10 nitrogen and oxygen atoms in total. The number of nitrogens with one attached hydrogen (secondary N) is 2. The molecular formula is C27H37N5O5. The van der Waals surface area contributed by atoms with Gasteiger partial charge in [0, 0.05) is 50.6 Å². The van der Waals surface area contributed by atoms with Gasteiger partial charge in [-0.3, -0.25) is 9.59 Å². The zero-order valence-corrected chi connectivity index (χ0v) is 22.1. The lowest BCUT2D eigenvalue weighted by atomic mass is 10.1. The molecule has 0 spiro atoms. The fraction of sp³-hybridized carbons (Fsp3) is 0.444. The lowest BCUT2D eigenvalue weighted by Gasteiger charge is -2.38. The molecule has 0 bridgehead atoms. The molecule has 0 saturated carbocycles. The standard InChI is InChI=1S/C27H37N5O5/c1-5-30(6-2)26(34)21-18-20(29-27(35)28-19-25(33)37-7-3)12-13-22(21)31-14-16-32(17-15-31)23-10-8-9-11-24(23)36-4/h8-13,18H,5-7,14-17,19H2,1-4H3,(H2,28,29,35). The lowest BCUT2D eigenvalue weighted by Crippen LogP contribution is -2.47. The SMILES string of the molecule is CCOC(=O)CNC(=O)Nc1ccc(N2CCN(c3ccccc3OC)CC2)c(C(=O)N(CC)CC)c1. The van der Waals surface area contributed by atoms with Crippen LogP contribution in [0.1, 0.15) is 31.1 Å². The van der Waals surface area contributed by atoms with Crippen LogP contribution in [0.5, 0.6) is 5.75 Å². The van der Waals surface area contributed by atoms with Crippen molar-refractivity contribution in [2.24, 2.45) is 0 Å². The maximum Gasteiger partial charge on any atom is 0.325 e. The van der Waals surface area contributed by atoms with Gasteiger partial charge in [0.25, 0.3) is 5.91 Å². The lowest BCUT2D eigenvalue weighted by molar-refractivity contribution is -0.141. The van der Waals surface area contributed by atoms with E-state index < -0.39 is 12.0 Å². The molecule has 1 aliphatic heterocycles. The molecule has 1 saturated heterocycles. The first-order chi connectivity index (χ1) is 17.9. The number of para-hydroxylation sites is 2. The number of carbonyl (C=O) groups is 3. The number of hydrogen-bond acceptors (Lipinski definition) is 7. The van der Waals surface area contributed by atoms with Gasteiger partial charge in [-0.1, -0.05) is 12.1 Å². The first-order valence-corrected chi connectivity index (χ1v) is 12.7. The summed E-state index contributed by atoms with van der Waals surface area (Å²) in [6, 6.07) is 12.8. The topological polar surface area (TPSA) is 103 Å². The van der Waals surface area contributed by atoms with Crippen molar-refractivity contribution in [3.8, 4) is 5.75 Å². The molecule has 3 amide bonds. The van der Waals surface area contributed by atoms with Crippen molar-refractivity contribution >= 4 is 35.0 Å². The van der Waals surface area contributed by atoms with Crippen LogP contribution in [0.4, 0.5) is 21.9 Å². The van der Waals surface area contributed by atoms with E-state index in [2.05, 4.69) is 26.5 Å². The predicted molar refractivity (Wildman–Crippen MR) is 145 cm³/mol. The van der Waals surface area contributed by atoms with Crippen LogP contribution in [0.15, 0.2) is 42.5 Å². The fourth-order valence-corrected chi connectivity index (χ4v) is 4.36. The highest BCUT2D eigenvalue weighted by molar-refractivity contribution is 6.02. The number of anilines is 3. The molecule has 2 aromatic rings. The van der Waals surface area contributed by atoms with E-state index >= 15 is 0 Å². The van der Waals surface area contributed by atoms with Crippen molar-refractivity contribution in [1.82, 2.24) is 10.2 Å². The average molecular weight is 512 g/mol. The molecule has 0 atom stereocenters. The van der Waals surface area contributed by atoms with Crippen molar-refractivity contribution in [1.29, 1.82) is 0 Å². The van der Waals surface area contributed by atoms with Gasteiger partial charge in [-0.2, -0.15) is 0 Å². The van der Waals surface area contributed by atoms with Crippen LogP contribution in [0.2, 0.25) is 0 Å². The molecule has 2 N–H and O–H groups in total. The van der Waals surface area contributed by atoms with Crippen LogP contribution in [0.25, 0.3) is 0 Å². The van der Waals surface area contributed by atoms with E-state index in [1.807, 2.05) is 38.1 Å². The number of urea groups is 1. The van der Waals surface area contributed by atoms with Gasteiger partial charge in [-0.05, 0) is 51.1 Å². The van der Waals surface area contributed by atoms with Crippen LogP contribution in [-0.2, 0) is 9.53 Å². The number of methoxy groups -OCH3 is 1. The van der Waals surface area contributed by atoms with E-state index in [4.69, 9.17) is 9.47 Å². The minimum Gasteiger partial charge on any atom is -0.495 e. The number of rotatable bonds is 10. The van der Waals surface area contributed by atoms with Crippen LogP contribution in [0.3, 0.4) is 0 Å². The maximum absolute atomic E-state index is 13.4. The highest BCUT2D eigenvalue weighted by atomic mass is 16.5. The van der Waals surface area contributed by atoms with Gasteiger partial charge in [-0.15, -0.1) is 0 Å². The Labute approximate surface area is 218 Å². The van der Waals surface area contributed by atoms with E-state index in [1.165, 1.54) is 0 Å². The molecule has 3 rings (SSSR count). The Kier molecular flexibility index (Phi) is 10.00. The Balaban J connectivity index is 1.78. The quantitative estimate of drug-likeness (QED) is 0.472. The van der Waals surface area contributed by atoms with Crippen LogP contribution >= 0.6 is 0 Å². The second kappa shape index (κ2) is 13.4. The summed E-state index contributed by atoms with van der Waals surface area (Å²) in [6.45, 7) is 9.75. The Morgan fingerprint density at radius 1 is 0.919 bits per heavy atom. The van der Waals surface area contributed by atoms with E-state index in [0.717, 1.165) is 43.3 Å². The number of hydrogen-bond donors (Lipinski definition) is 2. The Morgan fingerprint density at radius 3 is 2.19 bits per heavy atom. The number of piperazine rings is 1. The molecule has 0 radical (unpaired) electrons. The Bertz CT molecular complexity index is 1080. The predicted octanol–water partition coefficient (Wildman–Crippen LogP) is 3.19. The summed E-state index contributed by atoms with van der Waals surface area (Å²) in [5.41, 5.74) is 2.87. The third-order valence-corrected chi connectivity index (χ3v) is 6.28. The number of amides is 3. The summed E-state index contributed by atoms with van der Waals surface area (Å²) in [6.07, 6.45) is 0. The summed E-state index contributed by atoms with van der Waals surface area (Å²) in [5, 5.41) is 5.18. The molecule has 0 unspecified atom stereocenters. The van der Waals surface area contributed by atoms with Crippen LogP contribution < -0.4 is 25.2 Å². The minimum absolute atomic E-state index is 0.0947. The zero-order chi connectivity index (χ0) is 26.8. The third kappa shape index (κ3) is 7.05. The summed E-state index contributed by atoms with van der Waals surface area (Å²) >= 11 is 0. The maximum atomic E-state index is 13.4. The molecule has 0 aliphatic carbocycles. The van der Waals surface area contributed by atoms with E-state index in [1.54, 1.807) is 31.1 Å². The summed E-state index contributed by atoms with van der Waals surface area (Å²) in [4.78, 5) is 43.5. The summed E-state index contributed by atoms with van der Waals surface area (Å²) < 4.78 is 10.4. The first kappa shape index (κ1) is 27.6. The van der Waals surface area contributed by atoms with Gasteiger partial charge >= 0.3 is 12.0 Å². The van der Waals surface area contributed by atoms with Crippen molar-refractivity contribution in [2.75, 3.05) is 74.6 Å². The first-order valence-electron chi connectivity index (χ1n) is 12.7. The number of carbonyl (C=O) groups excluding carboxylic acids is 3. The van der Waals surface area contributed by atoms with Crippen LogP contribution in [0, 0.1) is 0 Å². The van der Waals surface area contributed by atoms with E-state index in [-0.39, 0.29) is 19.1 Å². The third-order valence-electron chi connectivity index (χ3n) is 6.28. The molecule has 1 fully saturated rings. The molecule has 200 valence electrons. The monoisotopic (exact) mass is 511 g/mol. The van der Waals surface area contributed by atoms with Gasteiger partial charge < -0.3 is 34.8 Å². The summed E-state index contributed by atoms with van der Waals surface area (Å²) in [5.74, 6) is 0.227. The minimum atomic E-state index is -0.549. The Hall–Kier alpha value is -3.95. The van der Waals surface area contributed by atoms with Crippen LogP contribution in [-0.4, -0.2) is 82.3 Å². The van der Waals surface area contributed by atoms with Crippen molar-refractivity contribution < 1.29 is 23.9 Å². The van der Waals surface area contributed by atoms with Gasteiger partial charge in [0.15, 0.2) is 0 Å². The highest BCUT2D eigenvalue weighted by Crippen LogP contribution is 2.31. The number of esters is 1. The largest absolute Gasteiger partial charge is 0.495 e. The smallest absolute Gasteiger partial charge is 0.325 e. The highest BCUT2D eigenvalue weighted by Gasteiger charge is 2.25. The van der Waals surface area contributed by atoms with Gasteiger partial charge in [0.05, 0.1) is 25.0 Å². The van der Waals surface area contributed by atoms with Gasteiger partial charge in [0.2, 0.25) is 0 Å². The van der Waals surface area contributed by atoms with Crippen molar-refractivity contribution in [3.63, 3.8) is 0 Å². The molecule has 1 aliphatic rings. The van der Waals surface area contributed by atoms with Crippen molar-refractivity contribution in [3.05, 3.63) is 48.0 Å². The number of nitrogens with zero attached hydrogens (tertiary/aromatic N) is 3. The molecule has 37 heavy (non-hydrogen) atoms. The Morgan fingerprint density at radius 2 is 1.57 bits per heavy atom. The zero-order valence-electron chi connectivity index (χ0n) is 22.1. The summed E-state index contributed by atoms with van der Waals surface area (Å²) in [7, 11) is 1.67. The van der Waals surface area contributed by atoms with Gasteiger partial charge in [-0.25, -0.2) is 4.79 Å². The molecule has 0 aromatic heterocycles. The van der Waals surface area contributed by atoms with Crippen molar-refractivity contribution in [2.45, 2.75) is 20.8 Å². The van der Waals surface area contributed by atoms with E-state index in [9.17, 15) is 14.4 Å². The number of ether oxygens (including phenoxy) is 2. The molecule has 10 heteroatoms. The van der Waals surface area contributed by atoms with Gasteiger partial charge in [0.1, 0.15) is 12.3 Å². The molecular weight excluding hydrogens is 474 g/mol. The fourth-order valence-electron chi connectivity index (χ4n) is 4.36. The average Bonchev–Trinajstić information content (AvgIpc) is 2.92. The second-order valence-electron chi connectivity index (χ2n) is 8.47. The second-order valence-corrected chi connectivity index (χ2v) is 8.47. The molecule has 2 aromatic carbocycles.